The van der Waals surface area contributed by atoms with Crippen LogP contribution in [0.15, 0.2) is 88.9 Å². The molecule has 1 aliphatic heterocycles. The van der Waals surface area contributed by atoms with Crippen LogP contribution in [0.2, 0.25) is 0 Å². The van der Waals surface area contributed by atoms with Crippen LogP contribution in [0.3, 0.4) is 0 Å². The van der Waals surface area contributed by atoms with Crippen molar-refractivity contribution in [2.45, 2.75) is 10.1 Å². The topological polar surface area (TPSA) is 89.4 Å². The highest BCUT2D eigenvalue weighted by Gasteiger charge is 2.32. The second-order valence-electron chi connectivity index (χ2n) is 8.88. The first-order valence-corrected chi connectivity index (χ1v) is 14.6. The lowest BCUT2D eigenvalue weighted by Gasteiger charge is -2.35. The highest BCUT2D eigenvalue weighted by Crippen LogP contribution is 2.23. The van der Waals surface area contributed by atoms with Gasteiger partial charge in [-0.25, -0.2) is 4.98 Å². The molecule has 4 aromatic rings. The number of benzene rings is 3. The van der Waals surface area contributed by atoms with E-state index in [9.17, 15) is 13.2 Å². The Labute approximate surface area is 226 Å². The van der Waals surface area contributed by atoms with Gasteiger partial charge in [0.25, 0.3) is 0 Å². The van der Waals surface area contributed by atoms with E-state index in [0.29, 0.717) is 28.4 Å². The number of imidazole rings is 1. The van der Waals surface area contributed by atoms with Crippen molar-refractivity contribution in [1.82, 2.24) is 9.88 Å². The molecule has 0 bridgehead atoms. The average molecular weight is 547 g/mol. The zero-order chi connectivity index (χ0) is 26.5. The highest BCUT2D eigenvalue weighted by atomic mass is 32.2. The van der Waals surface area contributed by atoms with Crippen molar-refractivity contribution in [3.05, 3.63) is 78.9 Å². The van der Waals surface area contributed by atoms with Crippen molar-refractivity contribution in [2.75, 3.05) is 48.7 Å². The Morgan fingerprint density at radius 3 is 2.37 bits per heavy atom. The van der Waals surface area contributed by atoms with Gasteiger partial charge in [-0.3, -0.25) is 9.69 Å². The van der Waals surface area contributed by atoms with Crippen LogP contribution >= 0.6 is 11.8 Å². The summed E-state index contributed by atoms with van der Waals surface area (Å²) in [6, 6.07) is 23.2. The van der Waals surface area contributed by atoms with Crippen LogP contribution in [0.25, 0.3) is 11.0 Å². The molecule has 3 aromatic carbocycles. The summed E-state index contributed by atoms with van der Waals surface area (Å²) in [6.45, 7) is 4.33. The summed E-state index contributed by atoms with van der Waals surface area (Å²) >= 11 is 1.14. The maximum Gasteiger partial charge on any atom is 0.336 e. The smallest absolute Gasteiger partial charge is 0.336 e. The van der Waals surface area contributed by atoms with Crippen molar-refractivity contribution in [2.24, 2.45) is 0 Å². The van der Waals surface area contributed by atoms with Gasteiger partial charge in [0.1, 0.15) is 4.90 Å². The Kier molecular flexibility index (Phi) is 7.69. The van der Waals surface area contributed by atoms with Gasteiger partial charge in [-0.05, 0) is 60.3 Å². The summed E-state index contributed by atoms with van der Waals surface area (Å²) < 4.78 is 28.3. The third kappa shape index (κ3) is 5.55. The molecule has 0 atom stereocenters. The minimum Gasteiger partial charge on any atom is -0.369 e. The molecule has 1 aromatic heterocycles. The number of hydrogen-bond acceptors (Lipinski definition) is 6. The summed E-state index contributed by atoms with van der Waals surface area (Å²) in [4.78, 5) is 20.7. The van der Waals surface area contributed by atoms with Crippen LogP contribution in [-0.2, 0) is 14.8 Å². The third-order valence-corrected chi connectivity index (χ3v) is 9.18. The van der Waals surface area contributed by atoms with Gasteiger partial charge in [-0.1, -0.05) is 36.3 Å². The molecule has 2 heterocycles. The molecular formula is C28H28N5O3S2+. The first-order chi connectivity index (χ1) is 18.5. The number of anilines is 2. The van der Waals surface area contributed by atoms with Crippen LogP contribution < -0.4 is 14.2 Å². The first kappa shape index (κ1) is 25.9. The van der Waals surface area contributed by atoms with E-state index in [4.69, 9.17) is 6.42 Å². The number of para-hydroxylation sites is 2. The van der Waals surface area contributed by atoms with Crippen LogP contribution in [0.5, 0.6) is 0 Å². The fourth-order valence-corrected chi connectivity index (χ4v) is 7.03. The molecular weight excluding hydrogens is 518 g/mol. The van der Waals surface area contributed by atoms with Crippen molar-refractivity contribution in [3.8, 4) is 12.3 Å². The molecule has 10 heteroatoms. The molecule has 1 saturated heterocycles. The molecule has 194 valence electrons. The number of thioether (sulfide) groups is 1. The van der Waals surface area contributed by atoms with Crippen molar-refractivity contribution < 1.29 is 17.2 Å². The number of carbonyl (C=O) groups is 1. The van der Waals surface area contributed by atoms with E-state index in [1.165, 1.54) is 3.97 Å². The average Bonchev–Trinajstić information content (AvgIpc) is 3.33. The maximum absolute atomic E-state index is 13.5. The number of aromatic nitrogens is 2. The van der Waals surface area contributed by atoms with E-state index in [0.717, 1.165) is 43.6 Å². The van der Waals surface area contributed by atoms with Crippen LogP contribution in [0.1, 0.15) is 0 Å². The highest BCUT2D eigenvalue weighted by molar-refractivity contribution is 8.00. The monoisotopic (exact) mass is 546 g/mol. The standard InChI is InChI=1S/C28H27N5O3S2/c1-2-16-31-17-19-32(20-18-31)23-14-12-22(13-15-23)29-27(34)21-37-28-30-25-10-6-7-11-26(25)33(28)38(35,36)24-8-4-3-5-9-24/h1,3-15H,16-21H2,(H,29,34)/p+1. The molecule has 0 aliphatic carbocycles. The molecule has 5 rings (SSSR count). The number of piperazine rings is 1. The molecule has 1 amide bonds. The maximum atomic E-state index is 13.5. The van der Waals surface area contributed by atoms with Gasteiger partial charge in [0.15, 0.2) is 11.0 Å². The normalized spacial score (nSPS) is 14.3. The van der Waals surface area contributed by atoms with E-state index < -0.39 is 10.0 Å². The van der Waals surface area contributed by atoms with Gasteiger partial charge < -0.3 is 10.2 Å². The molecule has 0 radical (unpaired) electrons. The molecule has 0 unspecified atom stereocenters. The largest absolute Gasteiger partial charge is 0.369 e. The molecule has 38 heavy (non-hydrogen) atoms. The van der Waals surface area contributed by atoms with E-state index in [-0.39, 0.29) is 16.6 Å². The summed E-state index contributed by atoms with van der Waals surface area (Å²) in [7, 11) is -3.87. The minimum atomic E-state index is -3.87. The molecule has 0 spiro atoms. The van der Waals surface area contributed by atoms with E-state index >= 15 is 0 Å². The van der Waals surface area contributed by atoms with Gasteiger partial charge in [0.05, 0.1) is 12.3 Å². The number of terminal acetylenes is 1. The predicted molar refractivity (Wildman–Crippen MR) is 151 cm³/mol. The number of nitrogens with zero attached hydrogens (tertiary/aromatic N) is 3. The van der Waals surface area contributed by atoms with Crippen LogP contribution in [0.4, 0.5) is 11.4 Å². The van der Waals surface area contributed by atoms with Crippen LogP contribution in [-0.4, -0.2) is 62.7 Å². The Balaban J connectivity index is 1.26. The zero-order valence-corrected chi connectivity index (χ0v) is 22.3. The van der Waals surface area contributed by atoms with Gasteiger partial charge in [0, 0.05) is 37.6 Å². The van der Waals surface area contributed by atoms with Crippen molar-refractivity contribution in [1.29, 1.82) is 0 Å². The van der Waals surface area contributed by atoms with Crippen molar-refractivity contribution >= 4 is 50.1 Å². The molecule has 1 aliphatic rings. The number of carbonyl (C=O) groups excluding carboxylic acids is 1. The van der Waals surface area contributed by atoms with E-state index in [2.05, 4.69) is 26.0 Å². The lowest BCUT2D eigenvalue weighted by molar-refractivity contribution is -0.526. The summed E-state index contributed by atoms with van der Waals surface area (Å²) in [5.41, 5.74) is 2.98. The second kappa shape index (κ2) is 11.3. The summed E-state index contributed by atoms with van der Waals surface area (Å²) in [5, 5.41) is 3.27. The fraction of sp³-hybridized carbons (Fsp3) is 0.214. The van der Waals surface area contributed by atoms with E-state index in [1.54, 1.807) is 42.5 Å². The van der Waals surface area contributed by atoms with Gasteiger partial charge in [-0.2, -0.15) is 8.42 Å². The Hall–Kier alpha value is -3.78. The Bertz CT molecular complexity index is 1570. The number of amides is 1. The Morgan fingerprint density at radius 1 is 0.974 bits per heavy atom. The summed E-state index contributed by atoms with van der Waals surface area (Å²) in [6.07, 6.45) is 5.41. The SMILES string of the molecule is C#CCN1CCN(c2ccc(NC(=O)CSc3[nH]c4ccccc4[n+]3S(=O)(=O)c3ccccc3)cc2)CC1. The fourth-order valence-electron chi connectivity index (χ4n) is 4.44. The Morgan fingerprint density at radius 2 is 1.66 bits per heavy atom. The third-order valence-electron chi connectivity index (χ3n) is 6.37. The number of rotatable bonds is 8. The van der Waals surface area contributed by atoms with Crippen LogP contribution in [0, 0.1) is 12.3 Å². The first-order valence-electron chi connectivity index (χ1n) is 12.2. The molecule has 2 N–H and O–H groups in total. The van der Waals surface area contributed by atoms with E-state index in [1.807, 2.05) is 36.4 Å². The number of aromatic amines is 1. The van der Waals surface area contributed by atoms with Crippen molar-refractivity contribution in [3.63, 3.8) is 0 Å². The quantitative estimate of drug-likeness (QED) is 0.201. The predicted octanol–water partition coefficient (Wildman–Crippen LogP) is 3.18. The van der Waals surface area contributed by atoms with Gasteiger partial charge >= 0.3 is 15.2 Å². The minimum absolute atomic E-state index is 0.0377. The molecule has 0 saturated carbocycles. The molecule has 8 nitrogen and oxygen atoms in total. The molecule has 1 fully saturated rings. The zero-order valence-electron chi connectivity index (χ0n) is 20.7. The van der Waals surface area contributed by atoms with Gasteiger partial charge in [0.2, 0.25) is 5.91 Å². The number of nitrogens with one attached hydrogen (secondary N) is 2. The second-order valence-corrected chi connectivity index (χ2v) is 11.6. The van der Waals surface area contributed by atoms with Gasteiger partial charge in [-0.15, -0.1) is 10.4 Å². The number of fused-ring (bicyclic) bond motifs is 1. The lowest BCUT2D eigenvalue weighted by Crippen LogP contribution is -2.46. The number of H-pyrrole nitrogens is 1. The summed E-state index contributed by atoms with van der Waals surface area (Å²) in [5.74, 6) is 2.50. The number of hydrogen-bond donors (Lipinski definition) is 2. The lowest BCUT2D eigenvalue weighted by atomic mass is 10.2.